The number of aromatic nitrogens is 2. The molecule has 5 nitrogen and oxygen atoms in total. The predicted octanol–water partition coefficient (Wildman–Crippen LogP) is 3.83. The van der Waals surface area contributed by atoms with Crippen LogP contribution in [0.3, 0.4) is 0 Å². The van der Waals surface area contributed by atoms with Crippen molar-refractivity contribution in [2.75, 3.05) is 6.54 Å². The summed E-state index contributed by atoms with van der Waals surface area (Å²) in [4.78, 5) is 19.0. The Labute approximate surface area is 142 Å². The quantitative estimate of drug-likeness (QED) is 0.757. The molecule has 0 aliphatic heterocycles. The Morgan fingerprint density at radius 3 is 2.71 bits per heavy atom. The highest BCUT2D eigenvalue weighted by atomic mass is 16.5. The van der Waals surface area contributed by atoms with Crippen LogP contribution in [0.15, 0.2) is 47.5 Å². The molecule has 1 aromatic carbocycles. The van der Waals surface area contributed by atoms with Crippen molar-refractivity contribution in [2.24, 2.45) is 5.92 Å². The van der Waals surface area contributed by atoms with E-state index in [0.29, 0.717) is 24.8 Å². The molecule has 1 fully saturated rings. The van der Waals surface area contributed by atoms with Gasteiger partial charge in [0, 0.05) is 18.0 Å². The van der Waals surface area contributed by atoms with Crippen molar-refractivity contribution in [3.05, 3.63) is 48.9 Å². The lowest BCUT2D eigenvalue weighted by Gasteiger charge is -2.27. The zero-order chi connectivity index (χ0) is 16.8. The number of carbonyl (C=O) groups excluding carboxylic acids is 1. The average molecular weight is 325 g/mol. The van der Waals surface area contributed by atoms with E-state index in [-0.39, 0.29) is 11.8 Å². The van der Waals surface area contributed by atoms with Crippen molar-refractivity contribution in [2.45, 2.75) is 38.6 Å². The van der Waals surface area contributed by atoms with Crippen molar-refractivity contribution in [3.63, 3.8) is 0 Å². The highest BCUT2D eigenvalue weighted by molar-refractivity contribution is 5.79. The van der Waals surface area contributed by atoms with Crippen LogP contribution in [0.2, 0.25) is 0 Å². The first-order valence-electron chi connectivity index (χ1n) is 8.55. The minimum atomic E-state index is 0.121. The lowest BCUT2D eigenvalue weighted by atomic mass is 9.88. The molecule has 0 N–H and O–H groups in total. The minimum absolute atomic E-state index is 0.121. The molecule has 2 aromatic rings. The molecule has 0 radical (unpaired) electrons. The summed E-state index contributed by atoms with van der Waals surface area (Å²) in [5.74, 6) is 1.30. The molecule has 3 rings (SSSR count). The van der Waals surface area contributed by atoms with Gasteiger partial charge < -0.3 is 9.42 Å². The number of hydrogen-bond donors (Lipinski definition) is 0. The molecule has 0 atom stereocenters. The summed E-state index contributed by atoms with van der Waals surface area (Å²) in [5, 5.41) is 4.02. The fourth-order valence-electron chi connectivity index (χ4n) is 3.18. The van der Waals surface area contributed by atoms with Crippen molar-refractivity contribution in [3.8, 4) is 11.4 Å². The summed E-state index contributed by atoms with van der Waals surface area (Å²) in [6.07, 6.45) is 7.20. The van der Waals surface area contributed by atoms with Crippen LogP contribution in [0.1, 0.15) is 38.0 Å². The Morgan fingerprint density at radius 2 is 2.00 bits per heavy atom. The Bertz CT molecular complexity index is 675. The molecule has 1 aliphatic carbocycles. The molecule has 5 heteroatoms. The molecule has 1 saturated carbocycles. The molecule has 0 spiro atoms. The van der Waals surface area contributed by atoms with Gasteiger partial charge in [0.2, 0.25) is 17.6 Å². The Balaban J connectivity index is 1.70. The van der Waals surface area contributed by atoms with Crippen molar-refractivity contribution < 1.29 is 9.32 Å². The van der Waals surface area contributed by atoms with Gasteiger partial charge in [0.05, 0.1) is 0 Å². The van der Waals surface area contributed by atoms with Crippen molar-refractivity contribution in [1.29, 1.82) is 0 Å². The van der Waals surface area contributed by atoms with Gasteiger partial charge >= 0.3 is 0 Å². The first kappa shape index (κ1) is 16.4. The van der Waals surface area contributed by atoms with Gasteiger partial charge in [-0.1, -0.05) is 60.8 Å². The van der Waals surface area contributed by atoms with Crippen molar-refractivity contribution >= 4 is 5.91 Å². The average Bonchev–Trinajstić information content (AvgIpc) is 3.11. The third kappa shape index (κ3) is 3.91. The van der Waals surface area contributed by atoms with E-state index in [9.17, 15) is 4.79 Å². The van der Waals surface area contributed by atoms with E-state index in [1.165, 1.54) is 6.42 Å². The van der Waals surface area contributed by atoms with Gasteiger partial charge in [0.15, 0.2) is 0 Å². The van der Waals surface area contributed by atoms with Gasteiger partial charge in [-0.05, 0) is 12.8 Å². The van der Waals surface area contributed by atoms with Gasteiger partial charge in [-0.25, -0.2) is 0 Å². The number of nitrogens with zero attached hydrogens (tertiary/aromatic N) is 3. The van der Waals surface area contributed by atoms with E-state index in [0.717, 1.165) is 31.2 Å². The van der Waals surface area contributed by atoms with Gasteiger partial charge in [-0.3, -0.25) is 4.79 Å². The standard InChI is InChI=1S/C19H23N3O2/c1-2-13-22(19(23)16-11-7-4-8-12-16)14-17-20-18(21-24-17)15-9-5-3-6-10-15/h2-3,5-6,9-10,16H,1,4,7-8,11-14H2. The molecule has 1 amide bonds. The van der Waals surface area contributed by atoms with Crippen LogP contribution in [0.4, 0.5) is 0 Å². The van der Waals surface area contributed by atoms with Crippen molar-refractivity contribution in [1.82, 2.24) is 15.0 Å². The first-order valence-corrected chi connectivity index (χ1v) is 8.55. The fourth-order valence-corrected chi connectivity index (χ4v) is 3.18. The summed E-state index contributed by atoms with van der Waals surface area (Å²) in [5.41, 5.74) is 0.904. The van der Waals surface area contributed by atoms with Crippen LogP contribution in [0.5, 0.6) is 0 Å². The second-order valence-corrected chi connectivity index (χ2v) is 6.22. The van der Waals surface area contributed by atoms with E-state index in [2.05, 4.69) is 16.7 Å². The molecule has 0 saturated heterocycles. The maximum Gasteiger partial charge on any atom is 0.246 e. The molecule has 126 valence electrons. The van der Waals surface area contributed by atoms with Gasteiger partial charge in [-0.15, -0.1) is 6.58 Å². The first-order chi connectivity index (χ1) is 11.8. The maximum atomic E-state index is 12.8. The summed E-state index contributed by atoms with van der Waals surface area (Å²) < 4.78 is 5.34. The number of amides is 1. The molecular weight excluding hydrogens is 302 g/mol. The second-order valence-electron chi connectivity index (χ2n) is 6.22. The summed E-state index contributed by atoms with van der Waals surface area (Å²) in [7, 11) is 0. The number of carbonyl (C=O) groups is 1. The van der Waals surface area contributed by atoms with Crippen LogP contribution in [-0.4, -0.2) is 27.5 Å². The highest BCUT2D eigenvalue weighted by Gasteiger charge is 2.26. The zero-order valence-corrected chi connectivity index (χ0v) is 13.9. The van der Waals surface area contributed by atoms with Crippen LogP contribution >= 0.6 is 0 Å². The lowest BCUT2D eigenvalue weighted by molar-refractivity contribution is -0.137. The predicted molar refractivity (Wildman–Crippen MR) is 91.9 cm³/mol. The molecule has 24 heavy (non-hydrogen) atoms. The van der Waals surface area contributed by atoms with Crippen LogP contribution < -0.4 is 0 Å². The monoisotopic (exact) mass is 325 g/mol. The molecule has 0 unspecified atom stereocenters. The molecule has 0 bridgehead atoms. The minimum Gasteiger partial charge on any atom is -0.337 e. The Kier molecular flexibility index (Phi) is 5.41. The van der Waals surface area contributed by atoms with Gasteiger partial charge in [0.1, 0.15) is 6.54 Å². The summed E-state index contributed by atoms with van der Waals surface area (Å²) in [6.45, 7) is 4.59. The Morgan fingerprint density at radius 1 is 1.25 bits per heavy atom. The summed E-state index contributed by atoms with van der Waals surface area (Å²) >= 11 is 0. The Hall–Kier alpha value is -2.43. The smallest absolute Gasteiger partial charge is 0.246 e. The van der Waals surface area contributed by atoms with E-state index in [1.54, 1.807) is 11.0 Å². The third-order valence-electron chi connectivity index (χ3n) is 4.44. The molecular formula is C19H23N3O2. The number of benzene rings is 1. The molecule has 1 heterocycles. The topological polar surface area (TPSA) is 59.2 Å². The van der Waals surface area contributed by atoms with Gasteiger partial charge in [-0.2, -0.15) is 4.98 Å². The fraction of sp³-hybridized carbons (Fsp3) is 0.421. The largest absolute Gasteiger partial charge is 0.337 e. The third-order valence-corrected chi connectivity index (χ3v) is 4.44. The van der Waals surface area contributed by atoms with Crippen LogP contribution in [-0.2, 0) is 11.3 Å². The second kappa shape index (κ2) is 7.90. The van der Waals surface area contributed by atoms with E-state index >= 15 is 0 Å². The molecule has 1 aliphatic rings. The zero-order valence-electron chi connectivity index (χ0n) is 13.9. The highest BCUT2D eigenvalue weighted by Crippen LogP contribution is 2.26. The number of hydrogen-bond acceptors (Lipinski definition) is 4. The summed E-state index contributed by atoms with van der Waals surface area (Å²) in [6, 6.07) is 9.68. The van der Waals surface area contributed by atoms with Crippen LogP contribution in [0.25, 0.3) is 11.4 Å². The molecule has 1 aromatic heterocycles. The number of rotatable bonds is 6. The maximum absolute atomic E-state index is 12.8. The van der Waals surface area contributed by atoms with E-state index < -0.39 is 0 Å². The van der Waals surface area contributed by atoms with E-state index in [4.69, 9.17) is 4.52 Å². The van der Waals surface area contributed by atoms with Crippen LogP contribution in [0, 0.1) is 5.92 Å². The lowest BCUT2D eigenvalue weighted by Crippen LogP contribution is -2.36. The normalized spacial score (nSPS) is 15.2. The van der Waals surface area contributed by atoms with E-state index in [1.807, 2.05) is 30.3 Å². The SMILES string of the molecule is C=CCN(Cc1nc(-c2ccccc2)no1)C(=O)C1CCCCC1. The van der Waals surface area contributed by atoms with Gasteiger partial charge in [0.25, 0.3) is 0 Å².